The summed E-state index contributed by atoms with van der Waals surface area (Å²) in [5.41, 5.74) is 6.94. The van der Waals surface area contributed by atoms with E-state index in [4.69, 9.17) is 10.5 Å². The highest BCUT2D eigenvalue weighted by molar-refractivity contribution is 5.96. The van der Waals surface area contributed by atoms with Crippen molar-refractivity contribution in [3.63, 3.8) is 0 Å². The van der Waals surface area contributed by atoms with Crippen molar-refractivity contribution >= 4 is 28.8 Å². The second kappa shape index (κ2) is 9.71. The van der Waals surface area contributed by atoms with Gasteiger partial charge in [-0.1, -0.05) is 45.4 Å². The zero-order chi connectivity index (χ0) is 19.8. The molecule has 2 rings (SSSR count). The Labute approximate surface area is 159 Å². The number of ether oxygens (including phenoxy) is 1. The first-order valence-corrected chi connectivity index (χ1v) is 9.26. The van der Waals surface area contributed by atoms with E-state index in [1.807, 2.05) is 51.1 Å². The number of para-hydroxylation sites is 1. The zero-order valence-electron chi connectivity index (χ0n) is 16.1. The summed E-state index contributed by atoms with van der Waals surface area (Å²) >= 11 is 0. The normalized spacial score (nSPS) is 13.4. The molecule has 0 saturated heterocycles. The lowest BCUT2D eigenvalue weighted by Crippen LogP contribution is -2.47. The molecule has 3 N–H and O–H groups in total. The van der Waals surface area contributed by atoms with Crippen LogP contribution in [0.2, 0.25) is 0 Å². The summed E-state index contributed by atoms with van der Waals surface area (Å²) in [6.45, 7) is 6.38. The maximum absolute atomic E-state index is 12.3. The molecule has 2 atom stereocenters. The molecule has 0 spiro atoms. The Hall–Kier alpha value is -2.89. The average molecular weight is 369 g/mol. The monoisotopic (exact) mass is 369 g/mol. The number of carbonyl (C=O) groups excluding carboxylic acids is 2. The van der Waals surface area contributed by atoms with E-state index in [0.717, 1.165) is 23.7 Å². The summed E-state index contributed by atoms with van der Waals surface area (Å²) in [5, 5.41) is 3.63. The van der Waals surface area contributed by atoms with Crippen LogP contribution in [0.5, 0.6) is 5.88 Å². The smallest absolute Gasteiger partial charge is 0.244 e. The van der Waals surface area contributed by atoms with Gasteiger partial charge in [0, 0.05) is 17.0 Å². The van der Waals surface area contributed by atoms with E-state index in [-0.39, 0.29) is 11.8 Å². The number of aromatic nitrogens is 1. The minimum absolute atomic E-state index is 0.0364. The van der Waals surface area contributed by atoms with Gasteiger partial charge in [-0.15, -0.1) is 0 Å². The van der Waals surface area contributed by atoms with Gasteiger partial charge in [-0.05, 0) is 30.5 Å². The number of rotatable bonds is 9. The number of amides is 2. The molecule has 1 aromatic carbocycles. The number of nitrogens with zero attached hydrogens (tertiary/aromatic N) is 1. The molecule has 0 radical (unpaired) electrons. The summed E-state index contributed by atoms with van der Waals surface area (Å²) in [6.07, 6.45) is 4.62. The van der Waals surface area contributed by atoms with Gasteiger partial charge in [-0.3, -0.25) is 9.59 Å². The number of fused-ring (bicyclic) bond motifs is 1. The summed E-state index contributed by atoms with van der Waals surface area (Å²) in [4.78, 5) is 28.4. The van der Waals surface area contributed by atoms with Crippen molar-refractivity contribution in [1.82, 2.24) is 10.3 Å². The second-order valence-corrected chi connectivity index (χ2v) is 6.53. The predicted octanol–water partition coefficient (Wildman–Crippen LogP) is 3.05. The standard InChI is InChI=1S/C21H27N3O3/c1-4-12-27-21-16(13-15-8-6-7-9-17(15)23-21)10-11-18(25)24-19(20(22)26)14(3)5-2/h6-11,13-14,19H,4-5,12H2,1-3H3,(H2,22,26)(H,24,25)/b11-10+. The van der Waals surface area contributed by atoms with Crippen LogP contribution in [0.4, 0.5) is 0 Å². The number of benzene rings is 1. The zero-order valence-corrected chi connectivity index (χ0v) is 16.1. The van der Waals surface area contributed by atoms with Gasteiger partial charge in [0.15, 0.2) is 0 Å². The van der Waals surface area contributed by atoms with Crippen molar-refractivity contribution in [2.24, 2.45) is 11.7 Å². The lowest BCUT2D eigenvalue weighted by atomic mass is 9.98. The maximum Gasteiger partial charge on any atom is 0.244 e. The molecular weight excluding hydrogens is 342 g/mol. The maximum atomic E-state index is 12.3. The lowest BCUT2D eigenvalue weighted by molar-refractivity contribution is -0.126. The summed E-state index contributed by atoms with van der Waals surface area (Å²) < 4.78 is 5.73. The number of pyridine rings is 1. The third-order valence-electron chi connectivity index (χ3n) is 4.39. The van der Waals surface area contributed by atoms with Crippen molar-refractivity contribution in [2.45, 2.75) is 39.7 Å². The Morgan fingerprint density at radius 1 is 1.30 bits per heavy atom. The molecule has 1 aromatic heterocycles. The first kappa shape index (κ1) is 20.4. The van der Waals surface area contributed by atoms with E-state index in [1.165, 1.54) is 6.08 Å². The lowest BCUT2D eigenvalue weighted by Gasteiger charge is -2.20. The quantitative estimate of drug-likeness (QED) is 0.664. The highest BCUT2D eigenvalue weighted by atomic mass is 16.5. The van der Waals surface area contributed by atoms with E-state index < -0.39 is 11.9 Å². The first-order chi connectivity index (χ1) is 13.0. The van der Waals surface area contributed by atoms with Crippen molar-refractivity contribution < 1.29 is 14.3 Å². The van der Waals surface area contributed by atoms with Gasteiger partial charge >= 0.3 is 0 Å². The summed E-state index contributed by atoms with van der Waals surface area (Å²) in [5.74, 6) is -0.474. The number of nitrogens with two attached hydrogens (primary N) is 1. The predicted molar refractivity (Wildman–Crippen MR) is 107 cm³/mol. The fraction of sp³-hybridized carbons (Fsp3) is 0.381. The van der Waals surface area contributed by atoms with Crippen molar-refractivity contribution in [3.05, 3.63) is 42.0 Å². The van der Waals surface area contributed by atoms with Crippen LogP contribution < -0.4 is 15.8 Å². The van der Waals surface area contributed by atoms with Crippen LogP contribution in [0.1, 0.15) is 39.2 Å². The molecule has 6 heteroatoms. The Morgan fingerprint density at radius 3 is 2.70 bits per heavy atom. The van der Waals surface area contributed by atoms with Crippen LogP contribution in [0.25, 0.3) is 17.0 Å². The molecule has 0 bridgehead atoms. The van der Waals surface area contributed by atoms with Crippen LogP contribution in [-0.2, 0) is 9.59 Å². The van der Waals surface area contributed by atoms with Crippen LogP contribution >= 0.6 is 0 Å². The van der Waals surface area contributed by atoms with Crippen LogP contribution in [0.15, 0.2) is 36.4 Å². The van der Waals surface area contributed by atoms with Gasteiger partial charge in [0.25, 0.3) is 0 Å². The average Bonchev–Trinajstić information content (AvgIpc) is 2.67. The minimum atomic E-state index is -0.697. The van der Waals surface area contributed by atoms with E-state index in [1.54, 1.807) is 6.08 Å². The van der Waals surface area contributed by atoms with Gasteiger partial charge in [0.05, 0.1) is 12.1 Å². The molecule has 0 aliphatic rings. The molecule has 0 saturated carbocycles. The number of hydrogen-bond donors (Lipinski definition) is 2. The SMILES string of the molecule is CCCOc1nc2ccccc2cc1/C=C/C(=O)NC(C(N)=O)C(C)CC. The molecule has 2 unspecified atom stereocenters. The molecular formula is C21H27N3O3. The topological polar surface area (TPSA) is 94.3 Å². The number of nitrogens with one attached hydrogen (secondary N) is 1. The number of primary amides is 1. The third-order valence-corrected chi connectivity index (χ3v) is 4.39. The molecule has 27 heavy (non-hydrogen) atoms. The summed E-state index contributed by atoms with van der Waals surface area (Å²) in [6, 6.07) is 8.95. The molecule has 144 valence electrons. The van der Waals surface area contributed by atoms with Gasteiger partial charge in [-0.2, -0.15) is 0 Å². The van der Waals surface area contributed by atoms with Gasteiger partial charge in [0.1, 0.15) is 6.04 Å². The largest absolute Gasteiger partial charge is 0.477 e. The molecule has 6 nitrogen and oxygen atoms in total. The highest BCUT2D eigenvalue weighted by Crippen LogP contribution is 2.23. The minimum Gasteiger partial charge on any atom is -0.477 e. The van der Waals surface area contributed by atoms with Crippen LogP contribution in [0, 0.1) is 5.92 Å². The number of hydrogen-bond acceptors (Lipinski definition) is 4. The second-order valence-electron chi connectivity index (χ2n) is 6.53. The molecule has 0 fully saturated rings. The van der Waals surface area contributed by atoms with E-state index in [0.29, 0.717) is 18.1 Å². The van der Waals surface area contributed by atoms with E-state index in [9.17, 15) is 9.59 Å². The Kier molecular flexibility index (Phi) is 7.34. The van der Waals surface area contributed by atoms with Crippen LogP contribution in [-0.4, -0.2) is 29.4 Å². The van der Waals surface area contributed by atoms with E-state index >= 15 is 0 Å². The Bertz CT molecular complexity index is 833. The molecule has 2 aromatic rings. The highest BCUT2D eigenvalue weighted by Gasteiger charge is 2.22. The fourth-order valence-corrected chi connectivity index (χ4v) is 2.64. The van der Waals surface area contributed by atoms with Gasteiger partial charge in [-0.25, -0.2) is 4.98 Å². The van der Waals surface area contributed by atoms with Crippen molar-refractivity contribution in [3.8, 4) is 5.88 Å². The first-order valence-electron chi connectivity index (χ1n) is 9.26. The van der Waals surface area contributed by atoms with Crippen molar-refractivity contribution in [2.75, 3.05) is 6.61 Å². The molecule has 1 heterocycles. The molecule has 0 aliphatic heterocycles. The molecule has 0 aliphatic carbocycles. The van der Waals surface area contributed by atoms with Crippen molar-refractivity contribution in [1.29, 1.82) is 0 Å². The van der Waals surface area contributed by atoms with Gasteiger partial charge < -0.3 is 15.8 Å². The van der Waals surface area contributed by atoms with Gasteiger partial charge in [0.2, 0.25) is 17.7 Å². The fourth-order valence-electron chi connectivity index (χ4n) is 2.64. The van der Waals surface area contributed by atoms with Crippen LogP contribution in [0.3, 0.4) is 0 Å². The van der Waals surface area contributed by atoms with E-state index in [2.05, 4.69) is 10.3 Å². The Morgan fingerprint density at radius 2 is 2.04 bits per heavy atom. The number of carbonyl (C=O) groups is 2. The molecule has 2 amide bonds. The summed E-state index contributed by atoms with van der Waals surface area (Å²) in [7, 11) is 0. The third kappa shape index (κ3) is 5.54. The Balaban J connectivity index is 2.24.